The van der Waals surface area contributed by atoms with Crippen LogP contribution in [0.25, 0.3) is 0 Å². The maximum Gasteiger partial charge on any atom is 0.224 e. The van der Waals surface area contributed by atoms with E-state index in [9.17, 15) is 9.18 Å². The van der Waals surface area contributed by atoms with Crippen LogP contribution in [0, 0.1) is 11.7 Å². The highest BCUT2D eigenvalue weighted by Crippen LogP contribution is 2.21. The number of hydrogen-bond acceptors (Lipinski definition) is 3. The molecular weight excluding hydrogens is 317 g/mol. The van der Waals surface area contributed by atoms with Gasteiger partial charge >= 0.3 is 0 Å². The van der Waals surface area contributed by atoms with E-state index in [-0.39, 0.29) is 18.1 Å². The predicted molar refractivity (Wildman–Crippen MR) is 96.8 cm³/mol. The van der Waals surface area contributed by atoms with Gasteiger partial charge in [-0.3, -0.25) is 4.79 Å². The zero-order valence-electron chi connectivity index (χ0n) is 14.5. The lowest BCUT2D eigenvalue weighted by Crippen LogP contribution is -2.33. The topological polar surface area (TPSA) is 45.2 Å². The summed E-state index contributed by atoms with van der Waals surface area (Å²) in [7, 11) is 0. The van der Waals surface area contributed by atoms with Crippen LogP contribution in [-0.4, -0.2) is 24.0 Å². The van der Waals surface area contributed by atoms with Crippen molar-refractivity contribution in [3.8, 4) is 0 Å². The maximum atomic E-state index is 13.6. The molecule has 1 amide bonds. The molecule has 0 bridgehead atoms. The molecule has 25 heavy (non-hydrogen) atoms. The summed E-state index contributed by atoms with van der Waals surface area (Å²) in [5, 5.41) is 2.82. The van der Waals surface area contributed by atoms with Crippen LogP contribution < -0.4 is 10.2 Å². The van der Waals surface area contributed by atoms with Crippen molar-refractivity contribution in [1.82, 2.24) is 10.3 Å². The van der Waals surface area contributed by atoms with Gasteiger partial charge in [0.05, 0.1) is 6.42 Å². The first-order valence-corrected chi connectivity index (χ1v) is 8.82. The number of anilines is 1. The lowest BCUT2D eigenvalue weighted by molar-refractivity contribution is -0.120. The number of nitrogens with one attached hydrogen (secondary N) is 1. The maximum absolute atomic E-state index is 13.6. The van der Waals surface area contributed by atoms with Crippen molar-refractivity contribution in [2.24, 2.45) is 5.92 Å². The van der Waals surface area contributed by atoms with Gasteiger partial charge in [0.1, 0.15) is 11.6 Å². The average molecular weight is 341 g/mol. The molecule has 0 aliphatic carbocycles. The number of piperidine rings is 1. The van der Waals surface area contributed by atoms with Gasteiger partial charge in [-0.1, -0.05) is 31.2 Å². The Kier molecular flexibility index (Phi) is 5.64. The van der Waals surface area contributed by atoms with Crippen LogP contribution in [0.2, 0.25) is 0 Å². The molecule has 1 aliphatic rings. The van der Waals surface area contributed by atoms with Crippen molar-refractivity contribution in [3.63, 3.8) is 0 Å². The number of hydrogen-bond donors (Lipinski definition) is 1. The van der Waals surface area contributed by atoms with E-state index in [4.69, 9.17) is 0 Å². The Morgan fingerprint density at radius 3 is 2.68 bits per heavy atom. The first kappa shape index (κ1) is 17.4. The van der Waals surface area contributed by atoms with Crippen LogP contribution in [0.15, 0.2) is 42.6 Å². The summed E-state index contributed by atoms with van der Waals surface area (Å²) in [5.41, 5.74) is 1.35. The van der Waals surface area contributed by atoms with Crippen molar-refractivity contribution >= 4 is 11.7 Å². The second-order valence-electron chi connectivity index (χ2n) is 6.74. The van der Waals surface area contributed by atoms with Gasteiger partial charge in [0.15, 0.2) is 0 Å². The minimum atomic E-state index is -0.348. The molecule has 1 fully saturated rings. The lowest BCUT2D eigenvalue weighted by atomic mass is 9.99. The van der Waals surface area contributed by atoms with Gasteiger partial charge in [0, 0.05) is 25.8 Å². The number of aromatic nitrogens is 1. The molecule has 1 N–H and O–H groups in total. The molecule has 1 aliphatic heterocycles. The van der Waals surface area contributed by atoms with Crippen molar-refractivity contribution in [2.75, 3.05) is 18.0 Å². The average Bonchev–Trinajstić information content (AvgIpc) is 2.63. The van der Waals surface area contributed by atoms with E-state index in [1.165, 1.54) is 18.9 Å². The van der Waals surface area contributed by atoms with Crippen LogP contribution in [0.3, 0.4) is 0 Å². The molecule has 5 heteroatoms. The summed E-state index contributed by atoms with van der Waals surface area (Å²) >= 11 is 0. The number of nitrogens with zero attached hydrogens (tertiary/aromatic N) is 2. The van der Waals surface area contributed by atoms with Gasteiger partial charge in [-0.2, -0.15) is 0 Å². The number of carbonyl (C=O) groups is 1. The lowest BCUT2D eigenvalue weighted by Gasteiger charge is -2.31. The first-order chi connectivity index (χ1) is 12.1. The molecule has 0 atom stereocenters. The van der Waals surface area contributed by atoms with Crippen molar-refractivity contribution in [1.29, 1.82) is 0 Å². The van der Waals surface area contributed by atoms with E-state index in [1.807, 2.05) is 12.1 Å². The van der Waals surface area contributed by atoms with Gasteiger partial charge in [-0.05, 0) is 42.0 Å². The third kappa shape index (κ3) is 4.78. The zero-order valence-corrected chi connectivity index (χ0v) is 14.5. The molecular formula is C20H24FN3O. The number of amides is 1. The van der Waals surface area contributed by atoms with Gasteiger partial charge in [-0.15, -0.1) is 0 Å². The van der Waals surface area contributed by atoms with E-state index in [0.29, 0.717) is 12.1 Å². The van der Waals surface area contributed by atoms with E-state index >= 15 is 0 Å². The van der Waals surface area contributed by atoms with Gasteiger partial charge in [0.25, 0.3) is 0 Å². The minimum Gasteiger partial charge on any atom is -0.357 e. The zero-order chi connectivity index (χ0) is 17.6. The van der Waals surface area contributed by atoms with Crippen molar-refractivity contribution in [2.45, 2.75) is 32.7 Å². The molecule has 2 heterocycles. The largest absolute Gasteiger partial charge is 0.357 e. The Morgan fingerprint density at radius 1 is 1.24 bits per heavy atom. The minimum absolute atomic E-state index is 0.0458. The quantitative estimate of drug-likeness (QED) is 0.907. The smallest absolute Gasteiger partial charge is 0.224 e. The first-order valence-electron chi connectivity index (χ1n) is 8.82. The third-order valence-corrected chi connectivity index (χ3v) is 4.72. The summed E-state index contributed by atoms with van der Waals surface area (Å²) in [5.74, 6) is 1.24. The second kappa shape index (κ2) is 8.10. The predicted octanol–water partition coefficient (Wildman–Crippen LogP) is 3.32. The molecule has 0 unspecified atom stereocenters. The Labute approximate surface area is 148 Å². The van der Waals surface area contributed by atoms with Crippen LogP contribution in [0.1, 0.15) is 30.9 Å². The molecule has 0 spiro atoms. The van der Waals surface area contributed by atoms with E-state index < -0.39 is 0 Å². The number of carbonyl (C=O) groups excluding carboxylic acids is 1. The summed E-state index contributed by atoms with van der Waals surface area (Å²) in [6, 6.07) is 10.3. The molecule has 0 saturated carbocycles. The highest BCUT2D eigenvalue weighted by atomic mass is 19.1. The van der Waals surface area contributed by atoms with Crippen LogP contribution in [-0.2, 0) is 17.8 Å². The molecule has 2 aromatic rings. The van der Waals surface area contributed by atoms with E-state index in [1.54, 1.807) is 24.4 Å². The van der Waals surface area contributed by atoms with Crippen LogP contribution in [0.5, 0.6) is 0 Å². The molecule has 4 nitrogen and oxygen atoms in total. The Balaban J connectivity index is 1.50. The third-order valence-electron chi connectivity index (χ3n) is 4.72. The second-order valence-corrected chi connectivity index (χ2v) is 6.74. The summed E-state index contributed by atoms with van der Waals surface area (Å²) in [6.07, 6.45) is 4.26. The standard InChI is InChI=1S/C20H24FN3O/c1-15-8-10-24(11-9-15)19-7-6-16(13-22-19)14-23-20(25)12-17-4-2-3-5-18(17)21/h2-7,13,15H,8-12,14H2,1H3,(H,23,25). The molecule has 132 valence electrons. The van der Waals surface area contributed by atoms with Crippen LogP contribution in [0.4, 0.5) is 10.2 Å². The molecule has 1 aromatic heterocycles. The van der Waals surface area contributed by atoms with Gasteiger partial charge in [0.2, 0.25) is 5.91 Å². The Morgan fingerprint density at radius 2 is 2.00 bits per heavy atom. The highest BCUT2D eigenvalue weighted by molar-refractivity contribution is 5.78. The fraction of sp³-hybridized carbons (Fsp3) is 0.400. The highest BCUT2D eigenvalue weighted by Gasteiger charge is 2.16. The van der Waals surface area contributed by atoms with Gasteiger partial charge < -0.3 is 10.2 Å². The summed E-state index contributed by atoms with van der Waals surface area (Å²) < 4.78 is 13.6. The number of benzene rings is 1. The fourth-order valence-electron chi connectivity index (χ4n) is 3.02. The van der Waals surface area contributed by atoms with E-state index in [0.717, 1.165) is 30.4 Å². The van der Waals surface area contributed by atoms with Crippen molar-refractivity contribution < 1.29 is 9.18 Å². The fourth-order valence-corrected chi connectivity index (χ4v) is 3.02. The number of halogens is 1. The molecule has 0 radical (unpaired) electrons. The molecule has 3 rings (SSSR count). The van der Waals surface area contributed by atoms with Gasteiger partial charge in [-0.25, -0.2) is 9.37 Å². The van der Waals surface area contributed by atoms with Crippen LogP contribution >= 0.6 is 0 Å². The monoisotopic (exact) mass is 341 g/mol. The molecule has 1 saturated heterocycles. The summed E-state index contributed by atoms with van der Waals surface area (Å²) in [4.78, 5) is 18.8. The number of pyridine rings is 1. The normalized spacial score (nSPS) is 15.2. The van der Waals surface area contributed by atoms with Crippen molar-refractivity contribution in [3.05, 3.63) is 59.5 Å². The summed E-state index contributed by atoms with van der Waals surface area (Å²) in [6.45, 7) is 4.79. The SMILES string of the molecule is CC1CCN(c2ccc(CNC(=O)Cc3ccccc3F)cn2)CC1. The Hall–Kier alpha value is -2.43. The number of rotatable bonds is 5. The van der Waals surface area contributed by atoms with E-state index in [2.05, 4.69) is 22.1 Å². The molecule has 1 aromatic carbocycles. The Bertz CT molecular complexity index is 709.